The van der Waals surface area contributed by atoms with E-state index >= 15 is 0 Å². The van der Waals surface area contributed by atoms with Gasteiger partial charge in [-0.25, -0.2) is 0 Å². The molecule has 0 N–H and O–H groups in total. The number of rotatable bonds is 5. The van der Waals surface area contributed by atoms with Crippen molar-refractivity contribution >= 4 is 5.95 Å². The third-order valence-corrected chi connectivity index (χ3v) is 5.45. The summed E-state index contributed by atoms with van der Waals surface area (Å²) in [6.45, 7) is 7.61. The second-order valence-electron chi connectivity index (χ2n) is 7.20. The zero-order valence-corrected chi connectivity index (χ0v) is 14.9. The SMILES string of the molecule is COCc1nnc(N2CCCC(CN3CCCCC3C)C2)n1C. The number of hydrogen-bond donors (Lipinski definition) is 0. The Morgan fingerprint density at radius 3 is 2.78 bits per heavy atom. The quantitative estimate of drug-likeness (QED) is 0.831. The summed E-state index contributed by atoms with van der Waals surface area (Å²) >= 11 is 0. The van der Waals surface area contributed by atoms with E-state index in [0.29, 0.717) is 6.61 Å². The molecule has 130 valence electrons. The molecule has 2 aliphatic heterocycles. The van der Waals surface area contributed by atoms with Crippen molar-refractivity contribution in [3.8, 4) is 0 Å². The highest BCUT2D eigenvalue weighted by atomic mass is 16.5. The fraction of sp³-hybridized carbons (Fsp3) is 0.882. The summed E-state index contributed by atoms with van der Waals surface area (Å²) in [5.74, 6) is 2.63. The molecule has 0 bridgehead atoms. The van der Waals surface area contributed by atoms with E-state index in [0.717, 1.165) is 36.8 Å². The molecule has 3 rings (SSSR count). The third-order valence-electron chi connectivity index (χ3n) is 5.45. The highest BCUT2D eigenvalue weighted by molar-refractivity contribution is 5.31. The van der Waals surface area contributed by atoms with Crippen molar-refractivity contribution in [1.82, 2.24) is 19.7 Å². The Balaban J connectivity index is 1.61. The Bertz CT molecular complexity index is 503. The predicted molar refractivity (Wildman–Crippen MR) is 91.5 cm³/mol. The smallest absolute Gasteiger partial charge is 0.227 e. The zero-order valence-electron chi connectivity index (χ0n) is 14.9. The van der Waals surface area contributed by atoms with E-state index in [2.05, 4.69) is 31.5 Å². The maximum Gasteiger partial charge on any atom is 0.227 e. The minimum atomic E-state index is 0.520. The second-order valence-corrected chi connectivity index (χ2v) is 7.20. The highest BCUT2D eigenvalue weighted by Crippen LogP contribution is 2.25. The van der Waals surface area contributed by atoms with E-state index in [1.54, 1.807) is 7.11 Å². The van der Waals surface area contributed by atoms with Crippen molar-refractivity contribution in [3.63, 3.8) is 0 Å². The molecule has 6 nitrogen and oxygen atoms in total. The molecule has 2 atom stereocenters. The van der Waals surface area contributed by atoms with E-state index in [4.69, 9.17) is 4.74 Å². The van der Waals surface area contributed by atoms with Crippen molar-refractivity contribution in [3.05, 3.63) is 5.82 Å². The summed E-state index contributed by atoms with van der Waals surface area (Å²) in [5.41, 5.74) is 0. The summed E-state index contributed by atoms with van der Waals surface area (Å²) in [4.78, 5) is 5.11. The molecule has 1 aromatic heterocycles. The topological polar surface area (TPSA) is 46.4 Å². The fourth-order valence-electron chi connectivity index (χ4n) is 4.04. The number of hydrogen-bond acceptors (Lipinski definition) is 5. The van der Waals surface area contributed by atoms with Crippen LogP contribution in [0.3, 0.4) is 0 Å². The minimum Gasteiger partial charge on any atom is -0.377 e. The molecule has 0 spiro atoms. The number of nitrogens with zero attached hydrogens (tertiary/aromatic N) is 5. The number of anilines is 1. The summed E-state index contributed by atoms with van der Waals surface area (Å²) in [5, 5.41) is 8.67. The lowest BCUT2D eigenvalue weighted by atomic mass is 9.95. The van der Waals surface area contributed by atoms with Crippen LogP contribution in [-0.4, -0.2) is 59.0 Å². The fourth-order valence-corrected chi connectivity index (χ4v) is 4.04. The first-order chi connectivity index (χ1) is 11.2. The van der Waals surface area contributed by atoms with Crippen LogP contribution in [0.25, 0.3) is 0 Å². The van der Waals surface area contributed by atoms with Gasteiger partial charge in [-0.2, -0.15) is 0 Å². The van der Waals surface area contributed by atoms with Gasteiger partial charge >= 0.3 is 0 Å². The molecule has 0 saturated carbocycles. The monoisotopic (exact) mass is 321 g/mol. The number of likely N-dealkylation sites (tertiary alicyclic amines) is 1. The Morgan fingerprint density at radius 2 is 2.00 bits per heavy atom. The molecular formula is C17H31N5O. The molecule has 2 fully saturated rings. The highest BCUT2D eigenvalue weighted by Gasteiger charge is 2.27. The van der Waals surface area contributed by atoms with Gasteiger partial charge in [-0.1, -0.05) is 6.42 Å². The van der Waals surface area contributed by atoms with E-state index in [1.165, 1.54) is 45.2 Å². The van der Waals surface area contributed by atoms with Gasteiger partial charge < -0.3 is 14.5 Å². The molecule has 3 heterocycles. The molecule has 2 unspecified atom stereocenters. The van der Waals surface area contributed by atoms with Crippen LogP contribution >= 0.6 is 0 Å². The average molecular weight is 321 g/mol. The van der Waals surface area contributed by atoms with Gasteiger partial charge in [0.15, 0.2) is 5.82 Å². The van der Waals surface area contributed by atoms with E-state index < -0.39 is 0 Å². The van der Waals surface area contributed by atoms with Gasteiger partial charge in [0.25, 0.3) is 0 Å². The van der Waals surface area contributed by atoms with Crippen LogP contribution in [0.5, 0.6) is 0 Å². The van der Waals surface area contributed by atoms with Gasteiger partial charge in [-0.15, -0.1) is 10.2 Å². The third kappa shape index (κ3) is 3.86. The molecule has 23 heavy (non-hydrogen) atoms. The standard InChI is InChI=1S/C17H31N5O/c1-14-7-4-5-9-21(14)11-15-8-6-10-22(12-15)17-19-18-16(13-23-3)20(17)2/h14-15H,4-13H2,1-3H3. The van der Waals surface area contributed by atoms with Crippen LogP contribution in [0.2, 0.25) is 0 Å². The lowest BCUT2D eigenvalue weighted by molar-refractivity contribution is 0.130. The van der Waals surface area contributed by atoms with Crippen LogP contribution in [-0.2, 0) is 18.4 Å². The Labute approximate surface area is 139 Å². The first-order valence-electron chi connectivity index (χ1n) is 9.05. The Hall–Kier alpha value is -1.14. The van der Waals surface area contributed by atoms with Gasteiger partial charge in [0.05, 0.1) is 0 Å². The molecular weight excluding hydrogens is 290 g/mol. The van der Waals surface area contributed by atoms with Crippen molar-refractivity contribution < 1.29 is 4.74 Å². The first kappa shape index (κ1) is 16.7. The van der Waals surface area contributed by atoms with E-state index in [9.17, 15) is 0 Å². The molecule has 2 saturated heterocycles. The van der Waals surface area contributed by atoms with Crippen molar-refractivity contribution in [2.24, 2.45) is 13.0 Å². The first-order valence-corrected chi connectivity index (χ1v) is 9.05. The van der Waals surface area contributed by atoms with Crippen LogP contribution in [0.4, 0.5) is 5.95 Å². The lowest BCUT2D eigenvalue weighted by Gasteiger charge is -2.39. The summed E-state index contributed by atoms with van der Waals surface area (Å²) in [6, 6.07) is 0.752. The van der Waals surface area contributed by atoms with Crippen LogP contribution in [0.15, 0.2) is 0 Å². The largest absolute Gasteiger partial charge is 0.377 e. The van der Waals surface area contributed by atoms with E-state index in [-0.39, 0.29) is 0 Å². The predicted octanol–water partition coefficient (Wildman–Crippen LogP) is 2.05. The molecule has 0 radical (unpaired) electrons. The van der Waals surface area contributed by atoms with Crippen LogP contribution in [0, 0.1) is 5.92 Å². The Morgan fingerprint density at radius 1 is 1.13 bits per heavy atom. The molecule has 0 aliphatic carbocycles. The van der Waals surface area contributed by atoms with Crippen LogP contribution < -0.4 is 4.90 Å². The van der Waals surface area contributed by atoms with Crippen molar-refractivity contribution in [1.29, 1.82) is 0 Å². The number of piperidine rings is 2. The number of ether oxygens (including phenoxy) is 1. The molecule has 0 amide bonds. The lowest BCUT2D eigenvalue weighted by Crippen LogP contribution is -2.46. The summed E-state index contributed by atoms with van der Waals surface area (Å²) in [6.07, 6.45) is 6.71. The number of methoxy groups -OCH3 is 1. The van der Waals surface area contributed by atoms with Crippen molar-refractivity contribution in [2.75, 3.05) is 38.2 Å². The van der Waals surface area contributed by atoms with E-state index in [1.807, 2.05) is 7.05 Å². The normalized spacial score (nSPS) is 26.7. The molecule has 1 aromatic rings. The Kier molecular flexibility index (Phi) is 5.54. The summed E-state index contributed by atoms with van der Waals surface area (Å²) in [7, 11) is 3.74. The van der Waals surface area contributed by atoms with Gasteiger partial charge in [-0.3, -0.25) is 4.57 Å². The van der Waals surface area contributed by atoms with Gasteiger partial charge in [0.1, 0.15) is 6.61 Å². The minimum absolute atomic E-state index is 0.520. The molecule has 6 heteroatoms. The second kappa shape index (κ2) is 7.62. The van der Waals surface area contributed by atoms with Gasteiger partial charge in [-0.05, 0) is 45.1 Å². The van der Waals surface area contributed by atoms with Gasteiger partial charge in [0.2, 0.25) is 5.95 Å². The molecule has 0 aromatic carbocycles. The molecule has 2 aliphatic rings. The van der Waals surface area contributed by atoms with Crippen molar-refractivity contribution in [2.45, 2.75) is 51.7 Å². The zero-order chi connectivity index (χ0) is 16.2. The van der Waals surface area contributed by atoms with Crippen LogP contribution in [0.1, 0.15) is 44.9 Å². The maximum atomic E-state index is 5.19. The van der Waals surface area contributed by atoms with Gasteiger partial charge in [0, 0.05) is 39.8 Å². The number of aromatic nitrogens is 3. The maximum absolute atomic E-state index is 5.19. The summed E-state index contributed by atoms with van der Waals surface area (Å²) < 4.78 is 7.27. The average Bonchev–Trinajstić information content (AvgIpc) is 2.91.